The molecule has 15 heavy (non-hydrogen) atoms. The lowest BCUT2D eigenvalue weighted by atomic mass is 10.2. The molecule has 2 aromatic rings. The van der Waals surface area contributed by atoms with Gasteiger partial charge in [0.05, 0.1) is 10.0 Å². The first-order chi connectivity index (χ1) is 7.20. The lowest BCUT2D eigenvalue weighted by Crippen LogP contribution is -1.86. The normalized spacial score (nSPS) is 10.3. The molecule has 5 heteroatoms. The predicted octanol–water partition coefficient (Wildman–Crippen LogP) is 3.69. The molecular weight excluding hydrogens is 235 g/mol. The second-order valence-electron chi connectivity index (χ2n) is 2.92. The van der Waals surface area contributed by atoms with Gasteiger partial charge in [0.15, 0.2) is 0 Å². The zero-order chi connectivity index (χ0) is 10.8. The van der Waals surface area contributed by atoms with Crippen molar-refractivity contribution in [3.63, 3.8) is 0 Å². The van der Waals surface area contributed by atoms with Crippen LogP contribution in [0.1, 0.15) is 0 Å². The summed E-state index contributed by atoms with van der Waals surface area (Å²) in [5.74, 6) is 0. The molecule has 0 unspecified atom stereocenters. The monoisotopic (exact) mass is 242 g/mol. The molecule has 0 spiro atoms. The number of benzene rings is 1. The Labute approximate surface area is 97.0 Å². The molecule has 1 aromatic carbocycles. The topological polar surface area (TPSA) is 38.1 Å². The third kappa shape index (κ3) is 2.08. The van der Waals surface area contributed by atoms with Crippen molar-refractivity contribution < 1.29 is 4.42 Å². The van der Waals surface area contributed by atoms with E-state index in [1.54, 1.807) is 25.4 Å². The molecule has 1 heterocycles. The maximum Gasteiger partial charge on any atom is 0.294 e. The summed E-state index contributed by atoms with van der Waals surface area (Å²) in [4.78, 5) is 4.19. The fraction of sp³-hybridized carbons (Fsp3) is 0.100. The zero-order valence-electron chi connectivity index (χ0n) is 7.92. The number of halogens is 2. The van der Waals surface area contributed by atoms with Crippen molar-refractivity contribution in [2.45, 2.75) is 0 Å². The summed E-state index contributed by atoms with van der Waals surface area (Å²) in [5.41, 5.74) is 1.59. The Morgan fingerprint density at radius 1 is 1.27 bits per heavy atom. The highest BCUT2D eigenvalue weighted by atomic mass is 35.5. The van der Waals surface area contributed by atoms with Gasteiger partial charge >= 0.3 is 0 Å². The van der Waals surface area contributed by atoms with Crippen molar-refractivity contribution in [1.29, 1.82) is 0 Å². The Kier molecular flexibility index (Phi) is 2.84. The van der Waals surface area contributed by atoms with E-state index >= 15 is 0 Å². The van der Waals surface area contributed by atoms with Gasteiger partial charge in [-0.3, -0.25) is 0 Å². The third-order valence-electron chi connectivity index (χ3n) is 1.93. The minimum Gasteiger partial charge on any atom is -0.432 e. The number of rotatable bonds is 2. The van der Waals surface area contributed by atoms with Gasteiger partial charge in [-0.25, -0.2) is 0 Å². The van der Waals surface area contributed by atoms with Crippen molar-refractivity contribution in [1.82, 2.24) is 4.98 Å². The summed E-state index contributed by atoms with van der Waals surface area (Å²) in [6, 6.07) is 5.79. The second-order valence-corrected chi connectivity index (χ2v) is 3.73. The number of hydrogen-bond acceptors (Lipinski definition) is 3. The predicted molar refractivity (Wildman–Crippen MR) is 61.5 cm³/mol. The second kappa shape index (κ2) is 4.13. The van der Waals surface area contributed by atoms with E-state index in [0.717, 1.165) is 11.3 Å². The van der Waals surface area contributed by atoms with Crippen LogP contribution in [0, 0.1) is 0 Å². The van der Waals surface area contributed by atoms with Gasteiger partial charge in [-0.1, -0.05) is 29.3 Å². The smallest absolute Gasteiger partial charge is 0.294 e. The van der Waals surface area contributed by atoms with Gasteiger partial charge in [-0.05, 0) is 12.1 Å². The van der Waals surface area contributed by atoms with Gasteiger partial charge in [0.2, 0.25) is 0 Å². The molecule has 0 amide bonds. The molecule has 78 valence electrons. The van der Waals surface area contributed by atoms with Crippen LogP contribution in [0.15, 0.2) is 28.9 Å². The lowest BCUT2D eigenvalue weighted by Gasteiger charge is -1.98. The Morgan fingerprint density at radius 2 is 2.07 bits per heavy atom. The van der Waals surface area contributed by atoms with Gasteiger partial charge in [0.1, 0.15) is 12.0 Å². The minimum absolute atomic E-state index is 0.469. The van der Waals surface area contributed by atoms with Gasteiger partial charge < -0.3 is 9.73 Å². The Hall–Kier alpha value is -1.19. The first-order valence-corrected chi connectivity index (χ1v) is 5.05. The summed E-state index contributed by atoms with van der Waals surface area (Å²) in [6.07, 6.45) is 1.56. The number of nitrogens with zero attached hydrogens (tertiary/aromatic N) is 1. The zero-order valence-corrected chi connectivity index (χ0v) is 9.43. The number of aromatic nitrogens is 1. The quantitative estimate of drug-likeness (QED) is 0.873. The van der Waals surface area contributed by atoms with Crippen LogP contribution in [0.2, 0.25) is 10.0 Å². The van der Waals surface area contributed by atoms with Crippen molar-refractivity contribution in [2.24, 2.45) is 0 Å². The van der Waals surface area contributed by atoms with Crippen molar-refractivity contribution >= 4 is 29.2 Å². The molecule has 0 saturated carbocycles. The largest absolute Gasteiger partial charge is 0.432 e. The van der Waals surface area contributed by atoms with E-state index in [2.05, 4.69) is 10.3 Å². The van der Waals surface area contributed by atoms with E-state index in [4.69, 9.17) is 27.6 Å². The molecule has 1 N–H and O–H groups in total. The van der Waals surface area contributed by atoms with Crippen LogP contribution >= 0.6 is 23.2 Å². The summed E-state index contributed by atoms with van der Waals surface area (Å²) >= 11 is 11.7. The fourth-order valence-electron chi connectivity index (χ4n) is 1.18. The first-order valence-electron chi connectivity index (χ1n) is 4.29. The number of oxazole rings is 1. The molecule has 2 rings (SSSR count). The fourth-order valence-corrected chi connectivity index (χ4v) is 1.47. The van der Waals surface area contributed by atoms with E-state index in [9.17, 15) is 0 Å². The summed E-state index contributed by atoms with van der Waals surface area (Å²) < 4.78 is 5.14. The molecule has 0 bridgehead atoms. The van der Waals surface area contributed by atoms with E-state index in [1.807, 2.05) is 6.07 Å². The van der Waals surface area contributed by atoms with E-state index in [1.165, 1.54) is 0 Å². The van der Waals surface area contributed by atoms with Crippen LogP contribution in [0.4, 0.5) is 6.01 Å². The van der Waals surface area contributed by atoms with Crippen LogP contribution in [-0.4, -0.2) is 12.0 Å². The van der Waals surface area contributed by atoms with E-state index in [0.29, 0.717) is 16.1 Å². The average molecular weight is 243 g/mol. The molecule has 0 radical (unpaired) electrons. The molecule has 0 fully saturated rings. The van der Waals surface area contributed by atoms with Crippen LogP contribution in [0.3, 0.4) is 0 Å². The molecule has 1 aromatic heterocycles. The Morgan fingerprint density at radius 3 is 2.67 bits per heavy atom. The van der Waals surface area contributed by atoms with Crippen LogP contribution in [0.5, 0.6) is 0 Å². The number of nitrogens with one attached hydrogen (secondary N) is 1. The van der Waals surface area contributed by atoms with E-state index < -0.39 is 0 Å². The Balaban J connectivity index is 2.40. The molecule has 0 atom stereocenters. The number of hydrogen-bond donors (Lipinski definition) is 1. The highest BCUT2D eigenvalue weighted by Gasteiger charge is 2.06. The Bertz CT molecular complexity index is 482. The molecule has 0 aliphatic carbocycles. The van der Waals surface area contributed by atoms with Crippen LogP contribution in [0.25, 0.3) is 11.3 Å². The molecule has 3 nitrogen and oxygen atoms in total. The maximum absolute atomic E-state index is 5.90. The summed E-state index contributed by atoms with van der Waals surface area (Å²) in [5, 5.41) is 3.83. The van der Waals surface area contributed by atoms with Crippen molar-refractivity contribution in [3.05, 3.63) is 34.5 Å². The lowest BCUT2D eigenvalue weighted by molar-refractivity contribution is 0.576. The van der Waals surface area contributed by atoms with Gasteiger partial charge in [0, 0.05) is 12.6 Å². The van der Waals surface area contributed by atoms with Gasteiger partial charge in [-0.2, -0.15) is 4.98 Å². The third-order valence-corrected chi connectivity index (χ3v) is 2.67. The van der Waals surface area contributed by atoms with Gasteiger partial charge in [0.25, 0.3) is 6.01 Å². The highest BCUT2D eigenvalue weighted by molar-refractivity contribution is 6.42. The average Bonchev–Trinajstić information content (AvgIpc) is 2.70. The van der Waals surface area contributed by atoms with Crippen molar-refractivity contribution in [3.8, 4) is 11.3 Å². The maximum atomic E-state index is 5.90. The van der Waals surface area contributed by atoms with Crippen molar-refractivity contribution in [2.75, 3.05) is 12.4 Å². The van der Waals surface area contributed by atoms with E-state index in [-0.39, 0.29) is 0 Å². The standard InChI is InChI=1S/C10H8Cl2N2O/c1-13-10-14-9(5-15-10)6-2-3-7(11)8(12)4-6/h2-5H,1H3,(H,13,14). The molecule has 0 aliphatic heterocycles. The minimum atomic E-state index is 0.469. The summed E-state index contributed by atoms with van der Waals surface area (Å²) in [6.45, 7) is 0. The summed E-state index contributed by atoms with van der Waals surface area (Å²) in [7, 11) is 1.74. The van der Waals surface area contributed by atoms with Gasteiger partial charge in [-0.15, -0.1) is 0 Å². The number of anilines is 1. The SMILES string of the molecule is CNc1nc(-c2ccc(Cl)c(Cl)c2)co1. The molecule has 0 saturated heterocycles. The molecule has 0 aliphatic rings. The van der Waals surface area contributed by atoms with Crippen LogP contribution < -0.4 is 5.32 Å². The van der Waals surface area contributed by atoms with Crippen LogP contribution in [-0.2, 0) is 0 Å². The first kappa shape index (κ1) is 10.3. The molecular formula is C10H8Cl2N2O. The highest BCUT2D eigenvalue weighted by Crippen LogP contribution is 2.28.